The molecule has 5 nitrogen and oxygen atoms in total. The van der Waals surface area contributed by atoms with Crippen LogP contribution in [0, 0.1) is 0 Å². The Morgan fingerprint density at radius 3 is 2.47 bits per heavy atom. The Morgan fingerprint density at radius 1 is 1.37 bits per heavy atom. The van der Waals surface area contributed by atoms with Gasteiger partial charge in [-0.25, -0.2) is 8.42 Å². The monoisotopic (exact) mass is 349 g/mol. The van der Waals surface area contributed by atoms with Gasteiger partial charge in [0.2, 0.25) is 10.0 Å². The molecular formula is C12H20BrN3O2S. The predicted molar refractivity (Wildman–Crippen MR) is 79.5 cm³/mol. The second-order valence-electron chi connectivity index (χ2n) is 4.66. The molecule has 0 aliphatic carbocycles. The summed E-state index contributed by atoms with van der Waals surface area (Å²) in [6.07, 6.45) is 2.95. The summed E-state index contributed by atoms with van der Waals surface area (Å²) in [5.74, 6) is 0. The summed E-state index contributed by atoms with van der Waals surface area (Å²) in [5, 5.41) is 0. The number of hydrogen-bond donors (Lipinski definition) is 0. The molecule has 1 heterocycles. The van der Waals surface area contributed by atoms with Gasteiger partial charge in [-0.2, -0.15) is 4.31 Å². The maximum absolute atomic E-state index is 12.6. The minimum absolute atomic E-state index is 0.0935. The molecule has 0 amide bonds. The van der Waals surface area contributed by atoms with Crippen LogP contribution in [0.15, 0.2) is 27.8 Å². The van der Waals surface area contributed by atoms with Gasteiger partial charge in [0.05, 0.1) is 0 Å². The number of aromatic nitrogens is 1. The molecule has 0 aliphatic heterocycles. The Morgan fingerprint density at radius 2 is 2.00 bits per heavy atom. The lowest BCUT2D eigenvalue weighted by Crippen LogP contribution is -2.43. The molecule has 108 valence electrons. The molecule has 1 atom stereocenters. The van der Waals surface area contributed by atoms with E-state index in [2.05, 4.69) is 20.9 Å². The molecule has 1 rings (SSSR count). The van der Waals surface area contributed by atoms with E-state index < -0.39 is 10.0 Å². The van der Waals surface area contributed by atoms with Gasteiger partial charge in [-0.3, -0.25) is 4.98 Å². The summed E-state index contributed by atoms with van der Waals surface area (Å²) in [6.45, 7) is 4.86. The maximum atomic E-state index is 12.6. The predicted octanol–water partition coefficient (Wildman–Crippen LogP) is 1.80. The van der Waals surface area contributed by atoms with Crippen LogP contribution in [0.5, 0.6) is 0 Å². The average Bonchev–Trinajstić information content (AvgIpc) is 2.28. The van der Waals surface area contributed by atoms with Gasteiger partial charge >= 0.3 is 0 Å². The SMILES string of the molecule is CCN(C(C)CN(C)C)S(=O)(=O)c1cncc(Br)c1. The molecule has 1 aromatic rings. The van der Waals surface area contributed by atoms with E-state index in [1.165, 1.54) is 10.5 Å². The molecule has 0 radical (unpaired) electrons. The third-order valence-electron chi connectivity index (χ3n) is 2.72. The van der Waals surface area contributed by atoms with Crippen LogP contribution in [0.3, 0.4) is 0 Å². The van der Waals surface area contributed by atoms with Crippen molar-refractivity contribution in [2.45, 2.75) is 24.8 Å². The summed E-state index contributed by atoms with van der Waals surface area (Å²) in [5.41, 5.74) is 0. The van der Waals surface area contributed by atoms with Crippen LogP contribution in [0.1, 0.15) is 13.8 Å². The van der Waals surface area contributed by atoms with E-state index in [9.17, 15) is 8.42 Å². The van der Waals surface area contributed by atoms with Crippen molar-refractivity contribution in [3.05, 3.63) is 22.9 Å². The fourth-order valence-electron chi connectivity index (χ4n) is 2.01. The van der Waals surface area contributed by atoms with E-state index in [1.54, 1.807) is 12.3 Å². The second kappa shape index (κ2) is 6.78. The highest BCUT2D eigenvalue weighted by Gasteiger charge is 2.28. The Bertz CT molecular complexity index is 519. The highest BCUT2D eigenvalue weighted by molar-refractivity contribution is 9.10. The molecule has 7 heteroatoms. The van der Waals surface area contributed by atoms with Gasteiger partial charge in [-0.15, -0.1) is 0 Å². The highest BCUT2D eigenvalue weighted by Crippen LogP contribution is 2.20. The molecule has 0 aromatic carbocycles. The molecule has 0 bridgehead atoms. The zero-order valence-corrected chi connectivity index (χ0v) is 14.1. The zero-order valence-electron chi connectivity index (χ0n) is 11.7. The third kappa shape index (κ3) is 4.24. The summed E-state index contributed by atoms with van der Waals surface area (Å²) < 4.78 is 27.3. The van der Waals surface area contributed by atoms with Crippen molar-refractivity contribution in [1.82, 2.24) is 14.2 Å². The molecule has 0 saturated heterocycles. The molecule has 0 aliphatic rings. The van der Waals surface area contributed by atoms with Gasteiger partial charge in [0.25, 0.3) is 0 Å². The lowest BCUT2D eigenvalue weighted by Gasteiger charge is -2.29. The fourth-order valence-corrected chi connectivity index (χ4v) is 4.14. The molecule has 0 fully saturated rings. The molecule has 1 unspecified atom stereocenters. The van der Waals surface area contributed by atoms with Crippen molar-refractivity contribution >= 4 is 26.0 Å². The average molecular weight is 350 g/mol. The van der Waals surface area contributed by atoms with Crippen molar-refractivity contribution in [2.24, 2.45) is 0 Å². The van der Waals surface area contributed by atoms with E-state index >= 15 is 0 Å². The van der Waals surface area contributed by atoms with Crippen LogP contribution in [0.2, 0.25) is 0 Å². The Balaban J connectivity index is 3.09. The number of sulfonamides is 1. The number of hydrogen-bond acceptors (Lipinski definition) is 4. The van der Waals surface area contributed by atoms with E-state index in [4.69, 9.17) is 0 Å². The van der Waals surface area contributed by atoms with Crippen LogP contribution >= 0.6 is 15.9 Å². The van der Waals surface area contributed by atoms with Crippen molar-refractivity contribution < 1.29 is 8.42 Å². The maximum Gasteiger partial charge on any atom is 0.244 e. The van der Waals surface area contributed by atoms with Gasteiger partial charge in [-0.1, -0.05) is 6.92 Å². The lowest BCUT2D eigenvalue weighted by atomic mass is 10.3. The van der Waals surface area contributed by atoms with Gasteiger partial charge in [0.15, 0.2) is 0 Å². The van der Waals surface area contributed by atoms with Gasteiger partial charge in [-0.05, 0) is 43.0 Å². The van der Waals surface area contributed by atoms with Crippen LogP contribution < -0.4 is 0 Å². The number of likely N-dealkylation sites (N-methyl/N-ethyl adjacent to an activating group) is 2. The van der Waals surface area contributed by atoms with Crippen molar-refractivity contribution in [3.8, 4) is 0 Å². The Kier molecular flexibility index (Phi) is 5.91. The summed E-state index contributed by atoms with van der Waals surface area (Å²) in [7, 11) is 0.352. The van der Waals surface area contributed by atoms with E-state index in [0.29, 0.717) is 17.6 Å². The van der Waals surface area contributed by atoms with Gasteiger partial charge in [0, 0.05) is 36.0 Å². The normalized spacial score (nSPS) is 14.1. The number of halogens is 1. The van der Waals surface area contributed by atoms with Crippen LogP contribution in [0.25, 0.3) is 0 Å². The molecule has 0 spiro atoms. The Hall–Kier alpha value is -0.500. The summed E-state index contributed by atoms with van der Waals surface area (Å²) >= 11 is 3.25. The topological polar surface area (TPSA) is 53.5 Å². The van der Waals surface area contributed by atoms with E-state index in [-0.39, 0.29) is 10.9 Å². The standard InChI is InChI=1S/C12H20BrN3O2S/c1-5-16(10(2)9-15(3)4)19(17,18)12-6-11(13)7-14-8-12/h6-8,10H,5,9H2,1-4H3. The molecular weight excluding hydrogens is 330 g/mol. The minimum Gasteiger partial charge on any atom is -0.308 e. The minimum atomic E-state index is -3.50. The lowest BCUT2D eigenvalue weighted by molar-refractivity contribution is 0.271. The van der Waals surface area contributed by atoms with Crippen molar-refractivity contribution in [3.63, 3.8) is 0 Å². The van der Waals surface area contributed by atoms with Crippen LogP contribution in [0.4, 0.5) is 0 Å². The van der Waals surface area contributed by atoms with Crippen molar-refractivity contribution in [2.75, 3.05) is 27.2 Å². The largest absolute Gasteiger partial charge is 0.308 e. The first kappa shape index (κ1) is 16.6. The first-order valence-corrected chi connectivity index (χ1v) is 8.29. The summed E-state index contributed by atoms with van der Waals surface area (Å²) in [4.78, 5) is 6.12. The number of rotatable bonds is 6. The summed E-state index contributed by atoms with van der Waals surface area (Å²) in [6, 6.07) is 1.48. The van der Waals surface area contributed by atoms with Gasteiger partial charge in [0.1, 0.15) is 4.90 Å². The second-order valence-corrected chi connectivity index (χ2v) is 7.46. The highest BCUT2D eigenvalue weighted by atomic mass is 79.9. The van der Waals surface area contributed by atoms with Crippen molar-refractivity contribution in [1.29, 1.82) is 0 Å². The molecule has 1 aromatic heterocycles. The van der Waals surface area contributed by atoms with E-state index in [0.717, 1.165) is 0 Å². The van der Waals surface area contributed by atoms with Gasteiger partial charge < -0.3 is 4.90 Å². The zero-order chi connectivity index (χ0) is 14.6. The van der Waals surface area contributed by atoms with Crippen LogP contribution in [-0.4, -0.2) is 55.8 Å². The number of nitrogens with zero attached hydrogens (tertiary/aromatic N) is 3. The molecule has 19 heavy (non-hydrogen) atoms. The Labute approximate surface area is 123 Å². The third-order valence-corrected chi connectivity index (χ3v) is 5.21. The quantitative estimate of drug-likeness (QED) is 0.785. The smallest absolute Gasteiger partial charge is 0.244 e. The number of pyridine rings is 1. The first-order valence-electron chi connectivity index (χ1n) is 6.06. The molecule has 0 N–H and O–H groups in total. The first-order chi connectivity index (χ1) is 8.78. The van der Waals surface area contributed by atoms with Crippen LogP contribution in [-0.2, 0) is 10.0 Å². The molecule has 0 saturated carbocycles. The fraction of sp³-hybridized carbons (Fsp3) is 0.583. The van der Waals surface area contributed by atoms with E-state index in [1.807, 2.05) is 32.8 Å².